The highest BCUT2D eigenvalue weighted by Gasteiger charge is 2.17. The summed E-state index contributed by atoms with van der Waals surface area (Å²) in [6, 6.07) is 0. The topological polar surface area (TPSA) is 29.5 Å². The molecule has 1 N–H and O–H groups in total. The lowest BCUT2D eigenvalue weighted by atomic mass is 9.97. The van der Waals surface area contributed by atoms with E-state index < -0.39 is 0 Å². The standard InChI is InChI=1S/C10H18O2/c1-8-3-4-12-10(5-8)6-9(2)7-11/h6,8,10-11H,3-5,7H2,1-2H3/b9-6+/t8-,10+/m1/s1. The Bertz CT molecular complexity index is 163. The molecule has 1 saturated heterocycles. The summed E-state index contributed by atoms with van der Waals surface area (Å²) in [5, 5.41) is 8.81. The van der Waals surface area contributed by atoms with Crippen LogP contribution in [-0.4, -0.2) is 24.4 Å². The Morgan fingerprint density at radius 2 is 2.42 bits per heavy atom. The molecule has 0 radical (unpaired) electrons. The van der Waals surface area contributed by atoms with Crippen molar-refractivity contribution in [2.24, 2.45) is 5.92 Å². The third-order valence-electron chi connectivity index (χ3n) is 2.30. The highest BCUT2D eigenvalue weighted by atomic mass is 16.5. The first kappa shape index (κ1) is 9.75. The fourth-order valence-corrected chi connectivity index (χ4v) is 1.49. The second-order valence-corrected chi connectivity index (χ2v) is 3.71. The van der Waals surface area contributed by atoms with E-state index >= 15 is 0 Å². The average Bonchev–Trinajstić information content (AvgIpc) is 2.04. The molecule has 1 heterocycles. The van der Waals surface area contributed by atoms with Crippen LogP contribution in [0, 0.1) is 5.92 Å². The van der Waals surface area contributed by atoms with Gasteiger partial charge in [-0.3, -0.25) is 0 Å². The Labute approximate surface area is 74.2 Å². The maximum Gasteiger partial charge on any atom is 0.0761 e. The summed E-state index contributed by atoms with van der Waals surface area (Å²) in [5.41, 5.74) is 1.01. The molecule has 1 rings (SSSR count). The normalized spacial score (nSPS) is 32.1. The lowest BCUT2D eigenvalue weighted by Gasteiger charge is -2.25. The molecule has 0 saturated carbocycles. The van der Waals surface area contributed by atoms with Gasteiger partial charge >= 0.3 is 0 Å². The zero-order valence-corrected chi connectivity index (χ0v) is 7.92. The Morgan fingerprint density at radius 3 is 3.00 bits per heavy atom. The van der Waals surface area contributed by atoms with Gasteiger partial charge in [0.2, 0.25) is 0 Å². The monoisotopic (exact) mass is 170 g/mol. The molecule has 0 aliphatic carbocycles. The zero-order valence-electron chi connectivity index (χ0n) is 7.92. The van der Waals surface area contributed by atoms with Gasteiger partial charge in [-0.2, -0.15) is 0 Å². The number of hydrogen-bond acceptors (Lipinski definition) is 2. The number of ether oxygens (including phenoxy) is 1. The van der Waals surface area contributed by atoms with Crippen molar-refractivity contribution in [3.8, 4) is 0 Å². The first-order valence-electron chi connectivity index (χ1n) is 4.62. The second kappa shape index (κ2) is 4.63. The van der Waals surface area contributed by atoms with E-state index in [-0.39, 0.29) is 12.7 Å². The lowest BCUT2D eigenvalue weighted by molar-refractivity contribution is 0.0232. The van der Waals surface area contributed by atoms with Crippen LogP contribution in [0.4, 0.5) is 0 Å². The van der Waals surface area contributed by atoms with E-state index in [1.807, 2.05) is 13.0 Å². The van der Waals surface area contributed by atoms with Gasteiger partial charge in [-0.15, -0.1) is 0 Å². The summed E-state index contributed by atoms with van der Waals surface area (Å²) >= 11 is 0. The van der Waals surface area contributed by atoms with Crippen molar-refractivity contribution in [3.63, 3.8) is 0 Å². The molecule has 1 aliphatic rings. The SMILES string of the molecule is C/C(=C\[C@@H]1C[C@H](C)CCO1)CO. The van der Waals surface area contributed by atoms with Crippen molar-refractivity contribution in [2.45, 2.75) is 32.8 Å². The summed E-state index contributed by atoms with van der Waals surface area (Å²) in [4.78, 5) is 0. The quantitative estimate of drug-likeness (QED) is 0.640. The molecule has 1 aliphatic heterocycles. The minimum absolute atomic E-state index is 0.147. The molecule has 70 valence electrons. The van der Waals surface area contributed by atoms with Gasteiger partial charge in [-0.05, 0) is 31.3 Å². The van der Waals surface area contributed by atoms with Gasteiger partial charge < -0.3 is 9.84 Å². The molecule has 2 atom stereocenters. The number of hydrogen-bond donors (Lipinski definition) is 1. The lowest BCUT2D eigenvalue weighted by Crippen LogP contribution is -2.22. The zero-order chi connectivity index (χ0) is 8.97. The van der Waals surface area contributed by atoms with Crippen LogP contribution in [0.1, 0.15) is 26.7 Å². The van der Waals surface area contributed by atoms with E-state index in [0.29, 0.717) is 0 Å². The number of aliphatic hydroxyl groups is 1. The van der Waals surface area contributed by atoms with E-state index in [9.17, 15) is 0 Å². The van der Waals surface area contributed by atoms with Crippen LogP contribution in [0.3, 0.4) is 0 Å². The Hall–Kier alpha value is -0.340. The predicted octanol–water partition coefficient (Wildman–Crippen LogP) is 1.74. The molecule has 0 bridgehead atoms. The predicted molar refractivity (Wildman–Crippen MR) is 49.0 cm³/mol. The van der Waals surface area contributed by atoms with Gasteiger partial charge in [0.1, 0.15) is 0 Å². The third-order valence-corrected chi connectivity index (χ3v) is 2.30. The van der Waals surface area contributed by atoms with E-state index in [4.69, 9.17) is 9.84 Å². The summed E-state index contributed by atoms with van der Waals surface area (Å²) in [5.74, 6) is 0.756. The van der Waals surface area contributed by atoms with Crippen LogP contribution in [0.25, 0.3) is 0 Å². The summed E-state index contributed by atoms with van der Waals surface area (Å²) in [6.07, 6.45) is 4.54. The fraction of sp³-hybridized carbons (Fsp3) is 0.800. The van der Waals surface area contributed by atoms with Crippen LogP contribution in [0.5, 0.6) is 0 Å². The molecule has 0 unspecified atom stereocenters. The van der Waals surface area contributed by atoms with Crippen LogP contribution in [0.2, 0.25) is 0 Å². The van der Waals surface area contributed by atoms with Crippen molar-refractivity contribution in [1.82, 2.24) is 0 Å². The number of rotatable bonds is 2. The molecule has 2 heteroatoms. The smallest absolute Gasteiger partial charge is 0.0761 e. The van der Waals surface area contributed by atoms with Crippen molar-refractivity contribution < 1.29 is 9.84 Å². The molecule has 0 aromatic carbocycles. The maximum atomic E-state index is 8.81. The van der Waals surface area contributed by atoms with Crippen molar-refractivity contribution in [3.05, 3.63) is 11.6 Å². The molecule has 1 fully saturated rings. The summed E-state index contributed by atoms with van der Waals surface area (Å²) in [6.45, 7) is 5.19. The molecular weight excluding hydrogens is 152 g/mol. The maximum absolute atomic E-state index is 8.81. The van der Waals surface area contributed by atoms with Gasteiger partial charge in [0.25, 0.3) is 0 Å². The highest BCUT2D eigenvalue weighted by molar-refractivity contribution is 5.02. The molecule has 0 aromatic rings. The average molecular weight is 170 g/mol. The Kier molecular flexibility index (Phi) is 3.76. The van der Waals surface area contributed by atoms with Gasteiger partial charge in [0.15, 0.2) is 0 Å². The van der Waals surface area contributed by atoms with E-state index in [0.717, 1.165) is 24.5 Å². The van der Waals surface area contributed by atoms with E-state index in [2.05, 4.69) is 6.92 Å². The molecule has 2 nitrogen and oxygen atoms in total. The van der Waals surface area contributed by atoms with Gasteiger partial charge in [-0.25, -0.2) is 0 Å². The van der Waals surface area contributed by atoms with Gasteiger partial charge in [0, 0.05) is 6.61 Å². The molecule has 0 amide bonds. The third kappa shape index (κ3) is 2.95. The van der Waals surface area contributed by atoms with E-state index in [1.165, 1.54) is 6.42 Å². The van der Waals surface area contributed by atoms with Crippen molar-refractivity contribution in [2.75, 3.05) is 13.2 Å². The highest BCUT2D eigenvalue weighted by Crippen LogP contribution is 2.20. The molecule has 0 spiro atoms. The number of aliphatic hydroxyl groups excluding tert-OH is 1. The van der Waals surface area contributed by atoms with Gasteiger partial charge in [0.05, 0.1) is 12.7 Å². The second-order valence-electron chi connectivity index (χ2n) is 3.71. The fourth-order valence-electron chi connectivity index (χ4n) is 1.49. The summed E-state index contributed by atoms with van der Waals surface area (Å²) < 4.78 is 5.53. The largest absolute Gasteiger partial charge is 0.392 e. The summed E-state index contributed by atoms with van der Waals surface area (Å²) in [7, 11) is 0. The van der Waals surface area contributed by atoms with Crippen molar-refractivity contribution >= 4 is 0 Å². The molecule has 0 aromatic heterocycles. The van der Waals surface area contributed by atoms with Crippen LogP contribution >= 0.6 is 0 Å². The van der Waals surface area contributed by atoms with Crippen LogP contribution in [-0.2, 0) is 4.74 Å². The van der Waals surface area contributed by atoms with E-state index in [1.54, 1.807) is 0 Å². The molecular formula is C10H18O2. The van der Waals surface area contributed by atoms with Crippen LogP contribution < -0.4 is 0 Å². The van der Waals surface area contributed by atoms with Crippen LogP contribution in [0.15, 0.2) is 11.6 Å². The minimum atomic E-state index is 0.147. The van der Waals surface area contributed by atoms with Crippen molar-refractivity contribution in [1.29, 1.82) is 0 Å². The first-order valence-corrected chi connectivity index (χ1v) is 4.62. The Morgan fingerprint density at radius 1 is 1.67 bits per heavy atom. The first-order chi connectivity index (χ1) is 5.72. The Balaban J connectivity index is 2.41. The minimum Gasteiger partial charge on any atom is -0.392 e. The van der Waals surface area contributed by atoms with Gasteiger partial charge in [-0.1, -0.05) is 13.0 Å². The molecule has 12 heavy (non-hydrogen) atoms.